The summed E-state index contributed by atoms with van der Waals surface area (Å²) in [7, 11) is 0. The Kier molecular flexibility index (Phi) is 7.03. The van der Waals surface area contributed by atoms with Crippen LogP contribution in [0.4, 0.5) is 16.5 Å². The van der Waals surface area contributed by atoms with E-state index in [9.17, 15) is 20.2 Å². The molecule has 0 unspecified atom stereocenters. The lowest BCUT2D eigenvalue weighted by Gasteiger charge is -2.01. The van der Waals surface area contributed by atoms with Gasteiger partial charge in [-0.15, -0.1) is 10.2 Å². The highest BCUT2D eigenvalue weighted by molar-refractivity contribution is 8.01. The minimum Gasteiger partial charge on any atom is -0.382 e. The summed E-state index contributed by atoms with van der Waals surface area (Å²) < 4.78 is 5.73. The molecule has 12 heteroatoms. The Hall–Kier alpha value is -2.31. The van der Waals surface area contributed by atoms with Crippen molar-refractivity contribution in [2.75, 3.05) is 25.1 Å². The molecule has 134 valence electrons. The maximum absolute atomic E-state index is 11.1. The molecule has 2 rings (SSSR count). The van der Waals surface area contributed by atoms with E-state index in [1.165, 1.54) is 23.5 Å². The van der Waals surface area contributed by atoms with Crippen molar-refractivity contribution >= 4 is 39.6 Å². The van der Waals surface area contributed by atoms with Crippen molar-refractivity contribution < 1.29 is 14.6 Å². The maximum Gasteiger partial charge on any atom is 0.290 e. The standard InChI is InChI=1S/C13H15N5O5S2/c1-2-23-7-3-6-14-12-15-16-13(25-12)24-11-5-4-9(17(19)20)8-10(11)18(21)22/h4-5,8H,2-3,6-7H2,1H3,(H,14,15). The number of ether oxygens (including phenoxy) is 1. The third-order valence-electron chi connectivity index (χ3n) is 2.90. The van der Waals surface area contributed by atoms with Crippen molar-refractivity contribution in [2.24, 2.45) is 0 Å². The van der Waals surface area contributed by atoms with Crippen molar-refractivity contribution in [3.63, 3.8) is 0 Å². The molecular weight excluding hydrogens is 370 g/mol. The van der Waals surface area contributed by atoms with Gasteiger partial charge in [0.25, 0.3) is 11.4 Å². The molecule has 25 heavy (non-hydrogen) atoms. The molecule has 10 nitrogen and oxygen atoms in total. The average molecular weight is 385 g/mol. The van der Waals surface area contributed by atoms with Crippen molar-refractivity contribution in [1.82, 2.24) is 10.2 Å². The molecule has 0 aliphatic rings. The van der Waals surface area contributed by atoms with Crippen LogP contribution in [0.5, 0.6) is 0 Å². The summed E-state index contributed by atoms with van der Waals surface area (Å²) in [4.78, 5) is 20.8. The number of hydrogen-bond acceptors (Lipinski definition) is 10. The van der Waals surface area contributed by atoms with Crippen LogP contribution >= 0.6 is 23.1 Å². The van der Waals surface area contributed by atoms with Gasteiger partial charge in [-0.2, -0.15) is 0 Å². The van der Waals surface area contributed by atoms with E-state index in [4.69, 9.17) is 4.74 Å². The fourth-order valence-corrected chi connectivity index (χ4v) is 3.60. The minimum atomic E-state index is -0.670. The number of non-ortho nitro benzene ring substituents is 1. The van der Waals surface area contributed by atoms with E-state index >= 15 is 0 Å². The van der Waals surface area contributed by atoms with E-state index in [0.29, 0.717) is 29.2 Å². The predicted molar refractivity (Wildman–Crippen MR) is 93.4 cm³/mol. The van der Waals surface area contributed by atoms with Crippen LogP contribution in [-0.2, 0) is 4.74 Å². The van der Waals surface area contributed by atoms with Gasteiger partial charge < -0.3 is 10.1 Å². The van der Waals surface area contributed by atoms with E-state index in [0.717, 1.165) is 24.2 Å². The van der Waals surface area contributed by atoms with Crippen LogP contribution in [0.2, 0.25) is 0 Å². The molecule has 1 heterocycles. The smallest absolute Gasteiger partial charge is 0.290 e. The van der Waals surface area contributed by atoms with Crippen molar-refractivity contribution in [1.29, 1.82) is 0 Å². The summed E-state index contributed by atoms with van der Waals surface area (Å²) >= 11 is 2.30. The first-order valence-electron chi connectivity index (χ1n) is 7.27. The third kappa shape index (κ3) is 5.62. The van der Waals surface area contributed by atoms with Gasteiger partial charge in [0.15, 0.2) is 4.34 Å². The van der Waals surface area contributed by atoms with Gasteiger partial charge in [0.05, 0.1) is 20.8 Å². The number of rotatable bonds is 10. The van der Waals surface area contributed by atoms with Gasteiger partial charge in [-0.05, 0) is 31.2 Å². The SMILES string of the molecule is CCOCCCNc1nnc(Sc2ccc([N+](=O)[O-])cc2[N+](=O)[O-])s1. The summed E-state index contributed by atoms with van der Waals surface area (Å²) in [5.41, 5.74) is -0.661. The number of nitro benzene ring substituents is 2. The Bertz CT molecular complexity index is 754. The summed E-state index contributed by atoms with van der Waals surface area (Å²) in [5, 5.41) is 33.5. The molecule has 0 saturated carbocycles. The summed E-state index contributed by atoms with van der Waals surface area (Å²) in [6.45, 7) is 3.93. The first-order valence-corrected chi connectivity index (χ1v) is 8.90. The molecule has 0 saturated heterocycles. The zero-order chi connectivity index (χ0) is 18.2. The van der Waals surface area contributed by atoms with Gasteiger partial charge in [0.1, 0.15) is 0 Å². The van der Waals surface area contributed by atoms with E-state index < -0.39 is 9.85 Å². The highest BCUT2D eigenvalue weighted by Gasteiger charge is 2.21. The van der Waals surface area contributed by atoms with Crippen molar-refractivity contribution in [3.8, 4) is 0 Å². The van der Waals surface area contributed by atoms with E-state index in [1.54, 1.807) is 0 Å². The quantitative estimate of drug-likeness (QED) is 0.371. The minimum absolute atomic E-state index is 0.273. The Morgan fingerprint density at radius 2 is 2.08 bits per heavy atom. The number of anilines is 1. The van der Waals surface area contributed by atoms with Gasteiger partial charge in [-0.25, -0.2) is 0 Å². The second kappa shape index (κ2) is 9.25. The topological polar surface area (TPSA) is 133 Å². The van der Waals surface area contributed by atoms with Crippen LogP contribution in [-0.4, -0.2) is 39.8 Å². The molecule has 1 N–H and O–H groups in total. The van der Waals surface area contributed by atoms with Crippen LogP contribution in [0.3, 0.4) is 0 Å². The largest absolute Gasteiger partial charge is 0.382 e. The van der Waals surface area contributed by atoms with Crippen molar-refractivity contribution in [3.05, 3.63) is 38.4 Å². The van der Waals surface area contributed by atoms with Crippen LogP contribution in [0.25, 0.3) is 0 Å². The number of nitrogens with one attached hydrogen (secondary N) is 1. The summed E-state index contributed by atoms with van der Waals surface area (Å²) in [6.07, 6.45) is 0.823. The highest BCUT2D eigenvalue weighted by Crippen LogP contribution is 2.38. The first-order chi connectivity index (χ1) is 12.0. The lowest BCUT2D eigenvalue weighted by molar-refractivity contribution is -0.396. The monoisotopic (exact) mass is 385 g/mol. The van der Waals surface area contributed by atoms with E-state index in [2.05, 4.69) is 15.5 Å². The Balaban J connectivity index is 2.02. The number of hydrogen-bond donors (Lipinski definition) is 1. The molecule has 2 aromatic rings. The lowest BCUT2D eigenvalue weighted by Crippen LogP contribution is -2.05. The highest BCUT2D eigenvalue weighted by atomic mass is 32.2. The fourth-order valence-electron chi connectivity index (χ4n) is 1.78. The first kappa shape index (κ1) is 19.0. The molecule has 0 fully saturated rings. The van der Waals surface area contributed by atoms with Gasteiger partial charge in [-0.3, -0.25) is 20.2 Å². The molecule has 0 atom stereocenters. The molecular formula is C13H15N5O5S2. The second-order valence-electron chi connectivity index (χ2n) is 4.62. The molecule has 1 aromatic carbocycles. The summed E-state index contributed by atoms with van der Waals surface area (Å²) in [5.74, 6) is 0. The number of aromatic nitrogens is 2. The van der Waals surface area contributed by atoms with Gasteiger partial charge >= 0.3 is 0 Å². The van der Waals surface area contributed by atoms with Crippen LogP contribution in [0.1, 0.15) is 13.3 Å². The van der Waals surface area contributed by atoms with Crippen molar-refractivity contribution in [2.45, 2.75) is 22.6 Å². The fraction of sp³-hybridized carbons (Fsp3) is 0.385. The summed E-state index contributed by atoms with van der Waals surface area (Å²) in [6, 6.07) is 3.51. The van der Waals surface area contributed by atoms with Gasteiger partial charge in [0, 0.05) is 25.8 Å². The maximum atomic E-state index is 11.1. The van der Waals surface area contributed by atoms with Crippen LogP contribution in [0, 0.1) is 20.2 Å². The number of nitrogens with zero attached hydrogens (tertiary/aromatic N) is 4. The van der Waals surface area contributed by atoms with E-state index in [-0.39, 0.29) is 16.3 Å². The molecule has 0 amide bonds. The predicted octanol–water partition coefficient (Wildman–Crippen LogP) is 3.34. The normalized spacial score (nSPS) is 10.6. The Labute approximate surface area is 150 Å². The molecule has 0 bridgehead atoms. The van der Waals surface area contributed by atoms with Crippen LogP contribution in [0.15, 0.2) is 27.4 Å². The number of nitro groups is 2. The third-order valence-corrected chi connectivity index (χ3v) is 4.90. The van der Waals surface area contributed by atoms with Gasteiger partial charge in [-0.1, -0.05) is 11.3 Å². The molecule has 0 radical (unpaired) electrons. The van der Waals surface area contributed by atoms with E-state index in [1.807, 2.05) is 6.92 Å². The Morgan fingerprint density at radius 1 is 1.28 bits per heavy atom. The molecule has 1 aromatic heterocycles. The average Bonchev–Trinajstić information content (AvgIpc) is 3.02. The zero-order valence-corrected chi connectivity index (χ0v) is 14.8. The Morgan fingerprint density at radius 3 is 2.76 bits per heavy atom. The van der Waals surface area contributed by atoms with Gasteiger partial charge in [0.2, 0.25) is 5.13 Å². The number of benzene rings is 1. The van der Waals surface area contributed by atoms with Crippen LogP contribution < -0.4 is 5.32 Å². The zero-order valence-electron chi connectivity index (χ0n) is 13.2. The molecule has 0 spiro atoms. The second-order valence-corrected chi connectivity index (χ2v) is 6.89. The molecule has 0 aliphatic carbocycles. The lowest BCUT2D eigenvalue weighted by atomic mass is 10.3. The molecule has 0 aliphatic heterocycles.